The molecule has 21 heavy (non-hydrogen) atoms. The fraction of sp³-hybridized carbons (Fsp3) is 0.462. The summed E-state index contributed by atoms with van der Waals surface area (Å²) >= 11 is 0. The van der Waals surface area contributed by atoms with Crippen LogP contribution in [0.15, 0.2) is 12.5 Å². The number of rotatable bonds is 5. The molecular formula is C13H17N5O3. The zero-order chi connectivity index (χ0) is 15.4. The highest BCUT2D eigenvalue weighted by molar-refractivity contribution is 5.97. The smallest absolute Gasteiger partial charge is 0.328 e. The normalized spacial score (nSPS) is 12.1. The lowest BCUT2D eigenvalue weighted by Gasteiger charge is -2.14. The van der Waals surface area contributed by atoms with Gasteiger partial charge in [0, 0.05) is 6.20 Å². The number of amides is 1. The Hall–Kier alpha value is -2.51. The van der Waals surface area contributed by atoms with Crippen molar-refractivity contribution < 1.29 is 14.3 Å². The van der Waals surface area contributed by atoms with Crippen LogP contribution in [0.5, 0.6) is 0 Å². The van der Waals surface area contributed by atoms with Crippen LogP contribution in [0.1, 0.15) is 36.8 Å². The van der Waals surface area contributed by atoms with E-state index in [2.05, 4.69) is 20.4 Å². The van der Waals surface area contributed by atoms with Gasteiger partial charge in [-0.2, -0.15) is 10.1 Å². The SMILES string of the molecule is CCOC(=O)C(C)NC(=O)c1cnc2ncnn2c1CC. The van der Waals surface area contributed by atoms with E-state index in [1.165, 1.54) is 17.0 Å². The number of aromatic nitrogens is 4. The highest BCUT2D eigenvalue weighted by atomic mass is 16.5. The zero-order valence-corrected chi connectivity index (χ0v) is 12.2. The number of carbonyl (C=O) groups excluding carboxylic acids is 2. The first kappa shape index (κ1) is 14.9. The molecule has 1 amide bonds. The number of hydrogen-bond acceptors (Lipinski definition) is 6. The van der Waals surface area contributed by atoms with Crippen molar-refractivity contribution in [3.63, 3.8) is 0 Å². The number of fused-ring (bicyclic) bond motifs is 1. The molecule has 0 saturated heterocycles. The molecule has 2 rings (SSSR count). The van der Waals surface area contributed by atoms with E-state index in [0.29, 0.717) is 23.5 Å². The molecule has 0 aliphatic carbocycles. The second-order valence-corrected chi connectivity index (χ2v) is 4.39. The summed E-state index contributed by atoms with van der Waals surface area (Å²) in [7, 11) is 0. The molecule has 2 heterocycles. The van der Waals surface area contributed by atoms with Crippen molar-refractivity contribution in [2.24, 2.45) is 0 Å². The molecule has 1 atom stereocenters. The summed E-state index contributed by atoms with van der Waals surface area (Å²) in [6, 6.07) is -0.728. The highest BCUT2D eigenvalue weighted by Gasteiger charge is 2.21. The summed E-state index contributed by atoms with van der Waals surface area (Å²) in [6.45, 7) is 5.46. The molecule has 112 valence electrons. The Bertz CT molecular complexity index is 667. The molecule has 0 fully saturated rings. The van der Waals surface area contributed by atoms with E-state index in [4.69, 9.17) is 4.74 Å². The quantitative estimate of drug-likeness (QED) is 0.799. The maximum Gasteiger partial charge on any atom is 0.328 e. The predicted molar refractivity (Wildman–Crippen MR) is 73.7 cm³/mol. The van der Waals surface area contributed by atoms with Crippen LogP contribution in [0, 0.1) is 0 Å². The molecule has 0 spiro atoms. The van der Waals surface area contributed by atoms with Crippen molar-refractivity contribution in [3.05, 3.63) is 23.8 Å². The van der Waals surface area contributed by atoms with Crippen molar-refractivity contribution in [2.75, 3.05) is 6.61 Å². The summed E-state index contributed by atoms with van der Waals surface area (Å²) in [4.78, 5) is 31.9. The molecule has 0 aliphatic heterocycles. The summed E-state index contributed by atoms with van der Waals surface area (Å²) in [5.74, 6) is -0.433. The Morgan fingerprint density at radius 3 is 2.81 bits per heavy atom. The average Bonchev–Trinajstić information content (AvgIpc) is 2.94. The Morgan fingerprint density at radius 1 is 1.38 bits per heavy atom. The van der Waals surface area contributed by atoms with Gasteiger partial charge in [-0.3, -0.25) is 4.79 Å². The third-order valence-corrected chi connectivity index (χ3v) is 2.97. The van der Waals surface area contributed by atoms with Crippen molar-refractivity contribution in [3.8, 4) is 0 Å². The molecule has 1 N–H and O–H groups in total. The molecule has 0 aromatic carbocycles. The summed E-state index contributed by atoms with van der Waals surface area (Å²) < 4.78 is 6.38. The first-order valence-electron chi connectivity index (χ1n) is 6.73. The summed E-state index contributed by atoms with van der Waals surface area (Å²) in [5.41, 5.74) is 1.05. The number of aryl methyl sites for hydroxylation is 1. The lowest BCUT2D eigenvalue weighted by molar-refractivity contribution is -0.144. The van der Waals surface area contributed by atoms with Gasteiger partial charge in [-0.05, 0) is 20.3 Å². The maximum atomic E-state index is 12.3. The number of ether oxygens (including phenoxy) is 1. The van der Waals surface area contributed by atoms with Gasteiger partial charge in [0.1, 0.15) is 12.4 Å². The van der Waals surface area contributed by atoms with Gasteiger partial charge in [0.05, 0.1) is 17.9 Å². The summed E-state index contributed by atoms with van der Waals surface area (Å²) in [6.07, 6.45) is 3.40. The van der Waals surface area contributed by atoms with Crippen molar-refractivity contribution >= 4 is 17.7 Å². The van der Waals surface area contributed by atoms with Gasteiger partial charge < -0.3 is 10.1 Å². The van der Waals surface area contributed by atoms with Crippen LogP contribution < -0.4 is 5.32 Å². The van der Waals surface area contributed by atoms with E-state index in [0.717, 1.165) is 0 Å². The van der Waals surface area contributed by atoms with Crippen LogP contribution in [0.3, 0.4) is 0 Å². The van der Waals surface area contributed by atoms with E-state index < -0.39 is 17.9 Å². The topological polar surface area (TPSA) is 98.5 Å². The van der Waals surface area contributed by atoms with E-state index in [1.807, 2.05) is 6.92 Å². The van der Waals surface area contributed by atoms with Gasteiger partial charge in [0.25, 0.3) is 11.7 Å². The number of esters is 1. The number of carbonyl (C=O) groups is 2. The fourth-order valence-corrected chi connectivity index (χ4v) is 1.96. The minimum absolute atomic E-state index is 0.270. The monoisotopic (exact) mass is 291 g/mol. The molecule has 0 saturated carbocycles. The van der Waals surface area contributed by atoms with Crippen LogP contribution in [-0.4, -0.2) is 44.1 Å². The molecule has 0 radical (unpaired) electrons. The molecule has 8 nitrogen and oxygen atoms in total. The zero-order valence-electron chi connectivity index (χ0n) is 12.2. The molecule has 1 unspecified atom stereocenters. The molecular weight excluding hydrogens is 274 g/mol. The van der Waals surface area contributed by atoms with E-state index >= 15 is 0 Å². The van der Waals surface area contributed by atoms with Gasteiger partial charge >= 0.3 is 5.97 Å². The Kier molecular flexibility index (Phi) is 4.46. The number of hydrogen-bond donors (Lipinski definition) is 1. The molecule has 0 bridgehead atoms. The van der Waals surface area contributed by atoms with E-state index in [9.17, 15) is 9.59 Å². The molecule has 2 aromatic rings. The van der Waals surface area contributed by atoms with Gasteiger partial charge in [-0.25, -0.2) is 14.3 Å². The van der Waals surface area contributed by atoms with Crippen molar-refractivity contribution in [1.82, 2.24) is 24.9 Å². The number of nitrogens with one attached hydrogen (secondary N) is 1. The standard InChI is InChI=1S/C13H17N5O3/c1-4-10-9(6-14-13-15-7-16-18(10)13)11(19)17-8(3)12(20)21-5-2/h6-8H,4-5H2,1-3H3,(H,17,19). The Balaban J connectivity index is 2.25. The number of nitrogens with zero attached hydrogens (tertiary/aromatic N) is 4. The van der Waals surface area contributed by atoms with Crippen LogP contribution in [0.25, 0.3) is 5.78 Å². The van der Waals surface area contributed by atoms with E-state index in [1.54, 1.807) is 13.8 Å². The molecule has 2 aromatic heterocycles. The van der Waals surface area contributed by atoms with Crippen LogP contribution in [-0.2, 0) is 16.0 Å². The minimum atomic E-state index is -0.728. The lowest BCUT2D eigenvalue weighted by Crippen LogP contribution is -2.40. The second-order valence-electron chi connectivity index (χ2n) is 4.39. The fourth-order valence-electron chi connectivity index (χ4n) is 1.96. The van der Waals surface area contributed by atoms with Crippen molar-refractivity contribution in [2.45, 2.75) is 33.2 Å². The third kappa shape index (κ3) is 2.99. The molecule has 0 aliphatic rings. The Morgan fingerprint density at radius 2 is 2.14 bits per heavy atom. The van der Waals surface area contributed by atoms with Crippen LogP contribution in [0.2, 0.25) is 0 Å². The molecule has 8 heteroatoms. The minimum Gasteiger partial charge on any atom is -0.464 e. The predicted octanol–water partition coefficient (Wildman–Crippen LogP) is 0.368. The highest BCUT2D eigenvalue weighted by Crippen LogP contribution is 2.10. The second kappa shape index (κ2) is 6.29. The third-order valence-electron chi connectivity index (χ3n) is 2.97. The maximum absolute atomic E-state index is 12.3. The largest absolute Gasteiger partial charge is 0.464 e. The van der Waals surface area contributed by atoms with Gasteiger partial charge in [0.15, 0.2) is 0 Å². The van der Waals surface area contributed by atoms with Gasteiger partial charge in [-0.15, -0.1) is 0 Å². The Labute approximate surface area is 121 Å². The summed E-state index contributed by atoms with van der Waals surface area (Å²) in [5, 5.41) is 6.65. The van der Waals surface area contributed by atoms with Gasteiger partial charge in [0.2, 0.25) is 0 Å². The first-order chi connectivity index (χ1) is 10.1. The first-order valence-corrected chi connectivity index (χ1v) is 6.73. The van der Waals surface area contributed by atoms with Crippen molar-refractivity contribution in [1.29, 1.82) is 0 Å². The van der Waals surface area contributed by atoms with Gasteiger partial charge in [-0.1, -0.05) is 6.92 Å². The van der Waals surface area contributed by atoms with Crippen LogP contribution >= 0.6 is 0 Å². The average molecular weight is 291 g/mol. The lowest BCUT2D eigenvalue weighted by atomic mass is 10.1. The van der Waals surface area contributed by atoms with E-state index in [-0.39, 0.29) is 6.61 Å². The van der Waals surface area contributed by atoms with Crippen LogP contribution in [0.4, 0.5) is 0 Å².